The summed E-state index contributed by atoms with van der Waals surface area (Å²) < 4.78 is 27.2. The van der Waals surface area contributed by atoms with E-state index < -0.39 is 0 Å². The summed E-state index contributed by atoms with van der Waals surface area (Å²) in [4.78, 5) is 14.1. The Kier molecular flexibility index (Phi) is 6.24. The first-order chi connectivity index (χ1) is 18.6. The molecule has 0 spiro atoms. The second-order valence-corrected chi connectivity index (χ2v) is 8.85. The number of aromatic nitrogens is 3. The van der Waals surface area contributed by atoms with Gasteiger partial charge in [0.05, 0.1) is 0 Å². The lowest BCUT2D eigenvalue weighted by molar-refractivity contribution is 0.627. The summed E-state index contributed by atoms with van der Waals surface area (Å²) in [6.07, 6.45) is 0. The third-order valence-electron chi connectivity index (χ3n) is 6.26. The molecule has 0 saturated heterocycles. The minimum Gasteiger partial charge on any atom is -0.208 e. The predicted octanol–water partition coefficient (Wildman–Crippen LogP) is 8.48. The molecule has 0 bridgehead atoms. The van der Waals surface area contributed by atoms with Gasteiger partial charge in [0.2, 0.25) is 0 Å². The fourth-order valence-corrected chi connectivity index (χ4v) is 4.31. The second-order valence-electron chi connectivity index (χ2n) is 8.85. The zero-order valence-electron chi connectivity index (χ0n) is 20.2. The molecule has 0 N–H and O–H groups in total. The standard InChI is InChI=1S/C33H21F2N3/c34-29-16-12-23(13-17-29)31-36-32(24-14-18-30(35)19-15-24)38-33(37-31)28-11-5-10-27(21-28)26-9-4-8-25(20-26)22-6-2-1-3-7-22/h1-21H. The van der Waals surface area contributed by atoms with E-state index >= 15 is 0 Å². The maximum atomic E-state index is 13.6. The van der Waals surface area contributed by atoms with E-state index in [1.165, 1.54) is 24.3 Å². The van der Waals surface area contributed by atoms with Gasteiger partial charge in [0.1, 0.15) is 11.6 Å². The summed E-state index contributed by atoms with van der Waals surface area (Å²) in [6.45, 7) is 0. The summed E-state index contributed by atoms with van der Waals surface area (Å²) in [6, 6.07) is 38.7. The largest absolute Gasteiger partial charge is 0.208 e. The molecule has 3 nitrogen and oxygen atoms in total. The van der Waals surface area contributed by atoms with Crippen LogP contribution in [0.3, 0.4) is 0 Å². The summed E-state index contributed by atoms with van der Waals surface area (Å²) >= 11 is 0. The molecule has 5 aromatic carbocycles. The number of hydrogen-bond donors (Lipinski definition) is 0. The van der Waals surface area contributed by atoms with Gasteiger partial charge in [-0.2, -0.15) is 0 Å². The van der Waals surface area contributed by atoms with Gasteiger partial charge in [0, 0.05) is 16.7 Å². The zero-order valence-corrected chi connectivity index (χ0v) is 20.2. The van der Waals surface area contributed by atoms with Crippen molar-refractivity contribution in [3.05, 3.63) is 139 Å². The SMILES string of the molecule is Fc1ccc(-c2nc(-c3ccc(F)cc3)nc(-c3cccc(-c4cccc(-c5ccccc5)c4)c3)n2)cc1. The quantitative estimate of drug-likeness (QED) is 0.240. The van der Waals surface area contributed by atoms with Crippen LogP contribution in [-0.2, 0) is 0 Å². The van der Waals surface area contributed by atoms with E-state index in [-0.39, 0.29) is 11.6 Å². The van der Waals surface area contributed by atoms with Gasteiger partial charge in [0.25, 0.3) is 0 Å². The number of rotatable bonds is 5. The lowest BCUT2D eigenvalue weighted by atomic mass is 9.98. The Hall–Kier alpha value is -5.03. The van der Waals surface area contributed by atoms with Crippen molar-refractivity contribution in [1.29, 1.82) is 0 Å². The molecule has 0 fully saturated rings. The molecule has 0 radical (unpaired) electrons. The molecule has 0 saturated carbocycles. The summed E-state index contributed by atoms with van der Waals surface area (Å²) in [5.41, 5.74) is 6.49. The van der Waals surface area contributed by atoms with Crippen molar-refractivity contribution >= 4 is 0 Å². The lowest BCUT2D eigenvalue weighted by Gasteiger charge is -2.10. The molecule has 0 amide bonds. The number of halogens is 2. The Morgan fingerprint density at radius 2 is 0.684 bits per heavy atom. The van der Waals surface area contributed by atoms with Gasteiger partial charge in [-0.15, -0.1) is 0 Å². The molecule has 6 aromatic rings. The minimum atomic E-state index is -0.341. The van der Waals surface area contributed by atoms with E-state index in [4.69, 9.17) is 9.97 Å². The average molecular weight is 498 g/mol. The van der Waals surface area contributed by atoms with Crippen molar-refractivity contribution in [3.8, 4) is 56.4 Å². The molecular weight excluding hydrogens is 476 g/mol. The van der Waals surface area contributed by atoms with Crippen LogP contribution in [0.1, 0.15) is 0 Å². The molecule has 5 heteroatoms. The summed E-state index contributed by atoms with van der Waals surface area (Å²) in [5.74, 6) is 0.607. The van der Waals surface area contributed by atoms with Gasteiger partial charge in [0.15, 0.2) is 17.5 Å². The number of hydrogen-bond acceptors (Lipinski definition) is 3. The minimum absolute atomic E-state index is 0.341. The van der Waals surface area contributed by atoms with Crippen LogP contribution >= 0.6 is 0 Å². The van der Waals surface area contributed by atoms with Crippen LogP contribution in [0.4, 0.5) is 8.78 Å². The third kappa shape index (κ3) is 4.95. The summed E-state index contributed by atoms with van der Waals surface area (Å²) in [5, 5.41) is 0. The van der Waals surface area contributed by atoms with Gasteiger partial charge in [-0.05, 0) is 82.9 Å². The Labute approximate surface area is 219 Å². The maximum Gasteiger partial charge on any atom is 0.164 e. The van der Waals surface area contributed by atoms with Crippen LogP contribution in [0, 0.1) is 11.6 Å². The highest BCUT2D eigenvalue weighted by Gasteiger charge is 2.13. The normalized spacial score (nSPS) is 10.9. The van der Waals surface area contributed by atoms with Gasteiger partial charge in [-0.3, -0.25) is 0 Å². The van der Waals surface area contributed by atoms with Crippen LogP contribution < -0.4 is 0 Å². The molecule has 1 aromatic heterocycles. The van der Waals surface area contributed by atoms with Crippen LogP contribution in [0.15, 0.2) is 127 Å². The Bertz CT molecular complexity index is 1650. The molecule has 38 heavy (non-hydrogen) atoms. The van der Waals surface area contributed by atoms with Crippen LogP contribution in [0.25, 0.3) is 56.4 Å². The van der Waals surface area contributed by atoms with Crippen LogP contribution in [-0.4, -0.2) is 15.0 Å². The van der Waals surface area contributed by atoms with Gasteiger partial charge >= 0.3 is 0 Å². The highest BCUT2D eigenvalue weighted by atomic mass is 19.1. The molecule has 6 rings (SSSR count). The molecule has 0 aliphatic heterocycles. The molecule has 0 unspecified atom stereocenters. The monoisotopic (exact) mass is 497 g/mol. The van der Waals surface area contributed by atoms with E-state index in [0.717, 1.165) is 27.8 Å². The first kappa shape index (κ1) is 23.4. The predicted molar refractivity (Wildman–Crippen MR) is 147 cm³/mol. The highest BCUT2D eigenvalue weighted by molar-refractivity contribution is 5.76. The molecule has 1 heterocycles. The number of benzene rings is 5. The Morgan fingerprint density at radius 3 is 1.18 bits per heavy atom. The lowest BCUT2D eigenvalue weighted by Crippen LogP contribution is -2.00. The van der Waals surface area contributed by atoms with Gasteiger partial charge in [-0.25, -0.2) is 23.7 Å². The second kappa shape index (κ2) is 10.1. The van der Waals surface area contributed by atoms with E-state index in [2.05, 4.69) is 41.4 Å². The van der Waals surface area contributed by atoms with Crippen molar-refractivity contribution in [2.24, 2.45) is 0 Å². The zero-order chi connectivity index (χ0) is 25.9. The van der Waals surface area contributed by atoms with Crippen molar-refractivity contribution < 1.29 is 8.78 Å². The third-order valence-corrected chi connectivity index (χ3v) is 6.26. The fraction of sp³-hybridized carbons (Fsp3) is 0. The maximum absolute atomic E-state index is 13.6. The van der Waals surface area contributed by atoms with Crippen molar-refractivity contribution in [2.45, 2.75) is 0 Å². The van der Waals surface area contributed by atoms with Crippen LogP contribution in [0.2, 0.25) is 0 Å². The summed E-state index contributed by atoms with van der Waals surface area (Å²) in [7, 11) is 0. The Balaban J connectivity index is 1.45. The molecule has 182 valence electrons. The molecule has 0 aliphatic rings. The topological polar surface area (TPSA) is 38.7 Å². The molecular formula is C33H21F2N3. The highest BCUT2D eigenvalue weighted by Crippen LogP contribution is 2.30. The van der Waals surface area contributed by atoms with Gasteiger partial charge in [-0.1, -0.05) is 66.7 Å². The van der Waals surface area contributed by atoms with E-state index in [1.54, 1.807) is 24.3 Å². The fourth-order valence-electron chi connectivity index (χ4n) is 4.31. The van der Waals surface area contributed by atoms with E-state index in [9.17, 15) is 8.78 Å². The molecule has 0 atom stereocenters. The van der Waals surface area contributed by atoms with E-state index in [1.807, 2.05) is 42.5 Å². The first-order valence-corrected chi connectivity index (χ1v) is 12.2. The average Bonchev–Trinajstić information content (AvgIpc) is 2.98. The molecule has 0 aliphatic carbocycles. The van der Waals surface area contributed by atoms with Crippen molar-refractivity contribution in [1.82, 2.24) is 15.0 Å². The van der Waals surface area contributed by atoms with E-state index in [0.29, 0.717) is 28.6 Å². The van der Waals surface area contributed by atoms with Crippen molar-refractivity contribution in [3.63, 3.8) is 0 Å². The Morgan fingerprint density at radius 1 is 0.316 bits per heavy atom. The van der Waals surface area contributed by atoms with Crippen LogP contribution in [0.5, 0.6) is 0 Å². The van der Waals surface area contributed by atoms with Crippen molar-refractivity contribution in [2.75, 3.05) is 0 Å². The first-order valence-electron chi connectivity index (χ1n) is 12.2. The smallest absolute Gasteiger partial charge is 0.164 e. The number of nitrogens with zero attached hydrogens (tertiary/aromatic N) is 3. The van der Waals surface area contributed by atoms with Gasteiger partial charge < -0.3 is 0 Å².